The molecule has 0 saturated carbocycles. The van der Waals surface area contributed by atoms with Gasteiger partial charge in [0.2, 0.25) is 0 Å². The van der Waals surface area contributed by atoms with E-state index < -0.39 is 0 Å². The highest BCUT2D eigenvalue weighted by molar-refractivity contribution is 5.94. The molecule has 0 bridgehead atoms. The highest BCUT2D eigenvalue weighted by Gasteiger charge is 2.23. The number of rotatable bonds is 4. The lowest BCUT2D eigenvalue weighted by Gasteiger charge is -2.32. The number of anilines is 1. The molecule has 1 aliphatic heterocycles. The molecule has 1 aromatic carbocycles. The maximum atomic E-state index is 12.4. The number of likely N-dealkylation sites (tertiary alicyclic amines) is 1. The van der Waals surface area contributed by atoms with Gasteiger partial charge in [0.05, 0.1) is 0 Å². The van der Waals surface area contributed by atoms with Crippen molar-refractivity contribution < 1.29 is 4.79 Å². The molecule has 0 atom stereocenters. The lowest BCUT2D eigenvalue weighted by Crippen LogP contribution is -2.39. The van der Waals surface area contributed by atoms with Crippen LogP contribution >= 0.6 is 0 Å². The quantitative estimate of drug-likeness (QED) is 0.942. The third-order valence-corrected chi connectivity index (χ3v) is 4.38. The fraction of sp³-hybridized carbons (Fsp3) is 0.368. The largest absolute Gasteiger partial charge is 0.370 e. The van der Waals surface area contributed by atoms with Crippen LogP contribution < -0.4 is 5.32 Å². The molecule has 3 rings (SSSR count). The zero-order valence-corrected chi connectivity index (χ0v) is 13.5. The topological polar surface area (TPSA) is 45.2 Å². The van der Waals surface area contributed by atoms with E-state index in [4.69, 9.17) is 0 Å². The van der Waals surface area contributed by atoms with Crippen LogP contribution in [0.2, 0.25) is 0 Å². The third kappa shape index (κ3) is 4.09. The predicted octanol–water partition coefficient (Wildman–Crippen LogP) is 3.35. The number of benzene rings is 1. The summed E-state index contributed by atoms with van der Waals surface area (Å²) >= 11 is 0. The number of pyridine rings is 1. The van der Waals surface area contributed by atoms with Gasteiger partial charge in [-0.1, -0.05) is 24.3 Å². The highest BCUT2D eigenvalue weighted by atomic mass is 16.2. The first-order valence-electron chi connectivity index (χ1n) is 8.24. The molecule has 1 fully saturated rings. The Kier molecular flexibility index (Phi) is 4.91. The van der Waals surface area contributed by atoms with Crippen molar-refractivity contribution in [1.29, 1.82) is 0 Å². The van der Waals surface area contributed by atoms with Crippen molar-refractivity contribution >= 4 is 11.7 Å². The number of nitrogens with one attached hydrogen (secondary N) is 1. The van der Waals surface area contributed by atoms with Gasteiger partial charge in [0.15, 0.2) is 0 Å². The maximum absolute atomic E-state index is 12.4. The minimum absolute atomic E-state index is 0.150. The van der Waals surface area contributed by atoms with Crippen LogP contribution in [0.25, 0.3) is 0 Å². The normalized spacial score (nSPS) is 15.4. The van der Waals surface area contributed by atoms with Gasteiger partial charge in [0, 0.05) is 30.9 Å². The van der Waals surface area contributed by atoms with Crippen LogP contribution in [0, 0.1) is 12.8 Å². The Hall–Kier alpha value is -2.36. The number of hydrogen-bond donors (Lipinski definition) is 1. The lowest BCUT2D eigenvalue weighted by atomic mass is 9.96. The summed E-state index contributed by atoms with van der Waals surface area (Å²) in [5.41, 5.74) is 1.81. The Morgan fingerprint density at radius 2 is 1.87 bits per heavy atom. The van der Waals surface area contributed by atoms with Crippen LogP contribution in [0.3, 0.4) is 0 Å². The molecule has 2 aromatic rings. The molecule has 1 aliphatic rings. The molecule has 0 aliphatic carbocycles. The van der Waals surface area contributed by atoms with Crippen molar-refractivity contribution in [2.24, 2.45) is 5.92 Å². The van der Waals surface area contributed by atoms with Gasteiger partial charge in [0.25, 0.3) is 5.91 Å². The van der Waals surface area contributed by atoms with E-state index in [0.717, 1.165) is 49.6 Å². The monoisotopic (exact) mass is 309 g/mol. The molecule has 1 aromatic heterocycles. The van der Waals surface area contributed by atoms with E-state index in [0.29, 0.717) is 5.92 Å². The number of carbonyl (C=O) groups is 1. The smallest absolute Gasteiger partial charge is 0.253 e. The van der Waals surface area contributed by atoms with Gasteiger partial charge in [-0.25, -0.2) is 4.98 Å². The van der Waals surface area contributed by atoms with E-state index in [9.17, 15) is 4.79 Å². The maximum Gasteiger partial charge on any atom is 0.253 e. The highest BCUT2D eigenvalue weighted by Crippen LogP contribution is 2.19. The Bertz CT molecular complexity index is 649. The van der Waals surface area contributed by atoms with Gasteiger partial charge >= 0.3 is 0 Å². The molecular weight excluding hydrogens is 286 g/mol. The van der Waals surface area contributed by atoms with Crippen LogP contribution in [-0.4, -0.2) is 35.4 Å². The van der Waals surface area contributed by atoms with Gasteiger partial charge in [-0.2, -0.15) is 0 Å². The minimum Gasteiger partial charge on any atom is -0.370 e. The Morgan fingerprint density at radius 1 is 1.13 bits per heavy atom. The summed E-state index contributed by atoms with van der Waals surface area (Å²) in [7, 11) is 0. The predicted molar refractivity (Wildman–Crippen MR) is 92.5 cm³/mol. The number of amides is 1. The zero-order valence-electron chi connectivity index (χ0n) is 13.5. The van der Waals surface area contributed by atoms with Crippen molar-refractivity contribution in [3.63, 3.8) is 0 Å². The first kappa shape index (κ1) is 15.5. The van der Waals surface area contributed by atoms with E-state index in [2.05, 4.69) is 10.3 Å². The fourth-order valence-electron chi connectivity index (χ4n) is 2.99. The number of aromatic nitrogens is 1. The van der Waals surface area contributed by atoms with Crippen LogP contribution in [0.15, 0.2) is 48.5 Å². The summed E-state index contributed by atoms with van der Waals surface area (Å²) in [4.78, 5) is 18.9. The Balaban J connectivity index is 1.48. The Morgan fingerprint density at radius 3 is 2.57 bits per heavy atom. The second-order valence-corrected chi connectivity index (χ2v) is 6.15. The van der Waals surface area contributed by atoms with Gasteiger partial charge in [-0.3, -0.25) is 4.79 Å². The van der Waals surface area contributed by atoms with E-state index in [1.54, 1.807) is 0 Å². The van der Waals surface area contributed by atoms with Gasteiger partial charge in [0.1, 0.15) is 5.82 Å². The number of carbonyl (C=O) groups excluding carboxylic acids is 1. The summed E-state index contributed by atoms with van der Waals surface area (Å²) in [6.07, 6.45) is 2.08. The number of hydrogen-bond acceptors (Lipinski definition) is 3. The number of piperidine rings is 1. The van der Waals surface area contributed by atoms with Crippen molar-refractivity contribution in [3.05, 3.63) is 59.8 Å². The van der Waals surface area contributed by atoms with E-state index in [1.807, 2.05) is 60.4 Å². The minimum atomic E-state index is 0.150. The van der Waals surface area contributed by atoms with Crippen molar-refractivity contribution in [3.8, 4) is 0 Å². The van der Waals surface area contributed by atoms with Crippen LogP contribution in [-0.2, 0) is 0 Å². The average molecular weight is 309 g/mol. The molecule has 1 amide bonds. The average Bonchev–Trinajstić information content (AvgIpc) is 2.61. The molecule has 1 saturated heterocycles. The van der Waals surface area contributed by atoms with E-state index in [-0.39, 0.29) is 5.91 Å². The van der Waals surface area contributed by atoms with Crippen molar-refractivity contribution in [2.75, 3.05) is 25.0 Å². The summed E-state index contributed by atoms with van der Waals surface area (Å²) in [5.74, 6) is 1.68. The zero-order chi connectivity index (χ0) is 16.1. The first-order chi connectivity index (χ1) is 11.2. The number of aryl methyl sites for hydroxylation is 1. The molecule has 4 nitrogen and oxygen atoms in total. The molecule has 23 heavy (non-hydrogen) atoms. The standard InChI is InChI=1S/C19H23N3O/c1-15-6-5-9-18(21-15)20-14-16-10-12-22(13-11-16)19(23)17-7-3-2-4-8-17/h2-9,16H,10-14H2,1H3,(H,20,21). The fourth-order valence-corrected chi connectivity index (χ4v) is 2.99. The van der Waals surface area contributed by atoms with E-state index >= 15 is 0 Å². The molecular formula is C19H23N3O. The van der Waals surface area contributed by atoms with Gasteiger partial charge in [-0.15, -0.1) is 0 Å². The van der Waals surface area contributed by atoms with Crippen LogP contribution in [0.1, 0.15) is 28.9 Å². The van der Waals surface area contributed by atoms with E-state index in [1.165, 1.54) is 0 Å². The van der Waals surface area contributed by atoms with Crippen LogP contribution in [0.5, 0.6) is 0 Å². The molecule has 1 N–H and O–H groups in total. The lowest BCUT2D eigenvalue weighted by molar-refractivity contribution is 0.0695. The molecule has 0 unspecified atom stereocenters. The summed E-state index contributed by atoms with van der Waals surface area (Å²) in [5, 5.41) is 3.42. The molecule has 4 heteroatoms. The summed E-state index contributed by atoms with van der Waals surface area (Å²) in [6, 6.07) is 15.6. The summed E-state index contributed by atoms with van der Waals surface area (Å²) < 4.78 is 0. The molecule has 120 valence electrons. The SMILES string of the molecule is Cc1cccc(NCC2CCN(C(=O)c3ccccc3)CC2)n1. The number of nitrogens with zero attached hydrogens (tertiary/aromatic N) is 2. The molecule has 0 spiro atoms. The van der Waals surface area contributed by atoms with Crippen molar-refractivity contribution in [2.45, 2.75) is 19.8 Å². The first-order valence-corrected chi connectivity index (χ1v) is 8.24. The second-order valence-electron chi connectivity index (χ2n) is 6.15. The molecule has 2 heterocycles. The molecule has 0 radical (unpaired) electrons. The van der Waals surface area contributed by atoms with Gasteiger partial charge < -0.3 is 10.2 Å². The van der Waals surface area contributed by atoms with Gasteiger partial charge in [-0.05, 0) is 49.9 Å². The Labute approximate surface area is 137 Å². The van der Waals surface area contributed by atoms with Crippen molar-refractivity contribution in [1.82, 2.24) is 9.88 Å². The van der Waals surface area contributed by atoms with Crippen LogP contribution in [0.4, 0.5) is 5.82 Å². The summed E-state index contributed by atoms with van der Waals surface area (Å²) in [6.45, 7) is 4.59. The third-order valence-electron chi connectivity index (χ3n) is 4.38. The second kappa shape index (κ2) is 7.27.